The largest absolute Gasteiger partial charge is 0.490 e. The van der Waals surface area contributed by atoms with Gasteiger partial charge in [0.15, 0.2) is 11.0 Å². The smallest absolute Gasteiger partial charge is 0.236 e. The summed E-state index contributed by atoms with van der Waals surface area (Å²) in [5.41, 5.74) is 0.939. The lowest BCUT2D eigenvalue weighted by atomic mass is 10.2. The molecule has 31 heavy (non-hydrogen) atoms. The van der Waals surface area contributed by atoms with E-state index in [9.17, 15) is 4.79 Å². The highest BCUT2D eigenvalue weighted by Crippen LogP contribution is 2.28. The summed E-state index contributed by atoms with van der Waals surface area (Å²) in [5, 5.41) is 21.2. The fourth-order valence-corrected chi connectivity index (χ4v) is 4.77. The lowest BCUT2D eigenvalue weighted by Crippen LogP contribution is -2.14. The number of nitrogens with one attached hydrogen (secondary N) is 1. The summed E-state index contributed by atoms with van der Waals surface area (Å²) in [6, 6.07) is 7.94. The van der Waals surface area contributed by atoms with Crippen LogP contribution in [0.5, 0.6) is 5.75 Å². The van der Waals surface area contributed by atoms with E-state index in [0.29, 0.717) is 22.9 Å². The van der Waals surface area contributed by atoms with Crippen LogP contribution < -0.4 is 10.1 Å². The summed E-state index contributed by atoms with van der Waals surface area (Å²) in [6.45, 7) is 6.22. The minimum absolute atomic E-state index is 0.163. The number of hydrogen-bond acceptors (Lipinski definition) is 8. The Bertz CT molecular complexity index is 1040. The van der Waals surface area contributed by atoms with Crippen LogP contribution in [0.3, 0.4) is 0 Å². The lowest BCUT2D eigenvalue weighted by Gasteiger charge is -2.13. The summed E-state index contributed by atoms with van der Waals surface area (Å²) < 4.78 is 8.00. The zero-order valence-electron chi connectivity index (χ0n) is 17.3. The average Bonchev–Trinajstić information content (AvgIpc) is 3.50. The molecule has 1 N–H and O–H groups in total. The van der Waals surface area contributed by atoms with Gasteiger partial charge in [-0.1, -0.05) is 29.2 Å². The minimum Gasteiger partial charge on any atom is -0.490 e. The van der Waals surface area contributed by atoms with Gasteiger partial charge in [-0.25, -0.2) is 0 Å². The number of anilines is 1. The molecule has 1 aliphatic carbocycles. The average molecular weight is 457 g/mol. The SMILES string of the molecule is C=CCn1c(SCC(=O)Nc2nnc(C)s2)nnc1-c1ccc(OC2CCCC2)cc1. The second-order valence-electron chi connectivity index (χ2n) is 7.22. The summed E-state index contributed by atoms with van der Waals surface area (Å²) in [5.74, 6) is 1.64. The first kappa shape index (κ1) is 21.5. The van der Waals surface area contributed by atoms with E-state index in [-0.39, 0.29) is 11.7 Å². The van der Waals surface area contributed by atoms with Crippen LogP contribution in [-0.4, -0.2) is 42.7 Å². The van der Waals surface area contributed by atoms with Crippen molar-refractivity contribution < 1.29 is 9.53 Å². The second-order valence-corrected chi connectivity index (χ2v) is 9.34. The van der Waals surface area contributed by atoms with Gasteiger partial charge >= 0.3 is 0 Å². The molecule has 1 aliphatic rings. The highest BCUT2D eigenvalue weighted by atomic mass is 32.2. The third-order valence-corrected chi connectivity index (χ3v) is 6.57. The molecule has 10 heteroatoms. The molecular formula is C21H24N6O2S2. The molecule has 8 nitrogen and oxygen atoms in total. The molecule has 0 radical (unpaired) electrons. The van der Waals surface area contributed by atoms with E-state index in [1.807, 2.05) is 35.8 Å². The highest BCUT2D eigenvalue weighted by molar-refractivity contribution is 7.99. The molecule has 0 spiro atoms. The van der Waals surface area contributed by atoms with Crippen molar-refractivity contribution in [3.8, 4) is 17.1 Å². The number of aromatic nitrogens is 5. The Morgan fingerprint density at radius 1 is 1.26 bits per heavy atom. The molecule has 0 atom stereocenters. The molecule has 2 heterocycles. The highest BCUT2D eigenvalue weighted by Gasteiger charge is 2.18. The number of thioether (sulfide) groups is 1. The van der Waals surface area contributed by atoms with Gasteiger partial charge in [0.1, 0.15) is 10.8 Å². The van der Waals surface area contributed by atoms with E-state index in [1.54, 1.807) is 6.08 Å². The van der Waals surface area contributed by atoms with E-state index in [0.717, 1.165) is 35.0 Å². The zero-order valence-corrected chi connectivity index (χ0v) is 18.9. The minimum atomic E-state index is -0.163. The van der Waals surface area contributed by atoms with Crippen molar-refractivity contribution in [3.63, 3.8) is 0 Å². The Balaban J connectivity index is 1.42. The van der Waals surface area contributed by atoms with Crippen molar-refractivity contribution in [1.29, 1.82) is 0 Å². The second kappa shape index (κ2) is 10.1. The van der Waals surface area contributed by atoms with Crippen LogP contribution in [0.4, 0.5) is 5.13 Å². The summed E-state index contributed by atoms with van der Waals surface area (Å²) >= 11 is 2.66. The third-order valence-electron chi connectivity index (χ3n) is 4.85. The Labute approximate surface area is 189 Å². The monoisotopic (exact) mass is 456 g/mol. The normalized spacial score (nSPS) is 14.0. The predicted molar refractivity (Wildman–Crippen MR) is 123 cm³/mol. The molecule has 0 saturated heterocycles. The van der Waals surface area contributed by atoms with Gasteiger partial charge in [-0.2, -0.15) is 0 Å². The molecule has 0 aliphatic heterocycles. The number of hydrogen-bond donors (Lipinski definition) is 1. The van der Waals surface area contributed by atoms with Gasteiger partial charge in [0.05, 0.1) is 11.9 Å². The van der Waals surface area contributed by atoms with E-state index >= 15 is 0 Å². The van der Waals surface area contributed by atoms with Crippen molar-refractivity contribution in [2.75, 3.05) is 11.1 Å². The summed E-state index contributed by atoms with van der Waals surface area (Å²) in [4.78, 5) is 12.2. The van der Waals surface area contributed by atoms with Gasteiger partial charge in [-0.15, -0.1) is 27.0 Å². The fraction of sp³-hybridized carbons (Fsp3) is 0.381. The molecule has 4 rings (SSSR count). The quantitative estimate of drug-likeness (QED) is 0.378. The van der Waals surface area contributed by atoms with E-state index in [1.165, 1.54) is 35.9 Å². The number of aryl methyl sites for hydroxylation is 1. The number of benzene rings is 1. The zero-order chi connectivity index (χ0) is 21.6. The van der Waals surface area contributed by atoms with Gasteiger partial charge in [0, 0.05) is 12.1 Å². The van der Waals surface area contributed by atoms with Crippen LogP contribution in [0, 0.1) is 6.92 Å². The Kier molecular flexibility index (Phi) is 6.98. The van der Waals surface area contributed by atoms with Gasteiger partial charge in [-0.3, -0.25) is 14.7 Å². The van der Waals surface area contributed by atoms with Crippen molar-refractivity contribution >= 4 is 34.1 Å². The maximum Gasteiger partial charge on any atom is 0.236 e. The topological polar surface area (TPSA) is 94.8 Å². The number of rotatable bonds is 9. The van der Waals surface area contributed by atoms with Gasteiger partial charge < -0.3 is 4.74 Å². The Morgan fingerprint density at radius 3 is 2.71 bits per heavy atom. The number of carbonyl (C=O) groups is 1. The molecule has 0 bridgehead atoms. The fourth-order valence-electron chi connectivity index (χ4n) is 3.42. The molecule has 1 amide bonds. The van der Waals surface area contributed by atoms with Crippen LogP contribution in [0.2, 0.25) is 0 Å². The van der Waals surface area contributed by atoms with E-state index in [2.05, 4.69) is 32.3 Å². The number of nitrogens with zero attached hydrogens (tertiary/aromatic N) is 5. The first-order valence-electron chi connectivity index (χ1n) is 10.2. The molecule has 0 unspecified atom stereocenters. The first-order valence-corrected chi connectivity index (χ1v) is 12.0. The van der Waals surface area contributed by atoms with Crippen LogP contribution in [0.1, 0.15) is 30.7 Å². The van der Waals surface area contributed by atoms with Crippen LogP contribution in [-0.2, 0) is 11.3 Å². The van der Waals surface area contributed by atoms with Crippen LogP contribution in [0.25, 0.3) is 11.4 Å². The summed E-state index contributed by atoms with van der Waals surface area (Å²) in [7, 11) is 0. The van der Waals surface area contributed by atoms with E-state index < -0.39 is 0 Å². The predicted octanol–water partition coefficient (Wildman–Crippen LogP) is 4.34. The standard InChI is InChI=1S/C21H24N6O2S2/c1-3-12-27-19(15-8-10-17(11-9-15)29-16-6-4-5-7-16)24-26-21(27)30-13-18(28)22-20-25-23-14(2)31-20/h3,8-11,16H,1,4-7,12-13H2,2H3,(H,22,25,28). The van der Waals surface area contributed by atoms with Crippen molar-refractivity contribution in [2.45, 2.75) is 50.4 Å². The summed E-state index contributed by atoms with van der Waals surface area (Å²) in [6.07, 6.45) is 6.86. The number of amides is 1. The molecule has 1 fully saturated rings. The molecule has 162 valence electrons. The molecule has 2 aromatic heterocycles. The number of allylic oxidation sites excluding steroid dienone is 1. The van der Waals surface area contributed by atoms with Crippen molar-refractivity contribution in [3.05, 3.63) is 41.9 Å². The number of carbonyl (C=O) groups excluding carboxylic acids is 1. The van der Waals surface area contributed by atoms with Crippen molar-refractivity contribution in [2.24, 2.45) is 0 Å². The first-order chi connectivity index (χ1) is 15.1. The lowest BCUT2D eigenvalue weighted by molar-refractivity contribution is -0.113. The third kappa shape index (κ3) is 5.50. The molecule has 3 aromatic rings. The Hall–Kier alpha value is -2.72. The van der Waals surface area contributed by atoms with Gasteiger partial charge in [0.25, 0.3) is 0 Å². The van der Waals surface area contributed by atoms with Crippen LogP contribution >= 0.6 is 23.1 Å². The molecule has 1 saturated carbocycles. The van der Waals surface area contributed by atoms with Crippen LogP contribution in [0.15, 0.2) is 42.1 Å². The van der Waals surface area contributed by atoms with E-state index in [4.69, 9.17) is 4.74 Å². The Morgan fingerprint density at radius 2 is 2.03 bits per heavy atom. The van der Waals surface area contributed by atoms with Gasteiger partial charge in [-0.05, 0) is 56.9 Å². The number of ether oxygens (including phenoxy) is 1. The van der Waals surface area contributed by atoms with Crippen molar-refractivity contribution in [1.82, 2.24) is 25.0 Å². The maximum absolute atomic E-state index is 12.2. The maximum atomic E-state index is 12.2. The molecular weight excluding hydrogens is 432 g/mol. The van der Waals surface area contributed by atoms with Gasteiger partial charge in [0.2, 0.25) is 11.0 Å². The molecule has 1 aromatic carbocycles.